The van der Waals surface area contributed by atoms with Crippen molar-refractivity contribution in [2.45, 2.75) is 25.9 Å². The molecule has 23 heavy (non-hydrogen) atoms. The van der Waals surface area contributed by atoms with Crippen LogP contribution in [0.4, 0.5) is 13.2 Å². The summed E-state index contributed by atoms with van der Waals surface area (Å²) in [4.78, 5) is 12.3. The van der Waals surface area contributed by atoms with Gasteiger partial charge in [0.1, 0.15) is 19.1 Å². The Morgan fingerprint density at radius 1 is 1.26 bits per heavy atom. The van der Waals surface area contributed by atoms with E-state index in [9.17, 15) is 18.0 Å². The summed E-state index contributed by atoms with van der Waals surface area (Å²) in [5.41, 5.74) is 0.0746. The number of hydrogen-bond acceptors (Lipinski definition) is 2. The average Bonchev–Trinajstić information content (AvgIpc) is 2.60. The van der Waals surface area contributed by atoms with Crippen LogP contribution in [0.5, 0.6) is 5.75 Å². The van der Waals surface area contributed by atoms with Gasteiger partial charge in [0, 0.05) is 12.1 Å². The summed E-state index contributed by atoms with van der Waals surface area (Å²) in [5.74, 6) is -0.00155. The van der Waals surface area contributed by atoms with E-state index in [4.69, 9.17) is 4.74 Å². The van der Waals surface area contributed by atoms with Crippen molar-refractivity contribution in [3.05, 3.63) is 35.4 Å². The maximum atomic E-state index is 13.3. The Balaban J connectivity index is 0.00000127. The van der Waals surface area contributed by atoms with Crippen molar-refractivity contribution in [2.24, 2.45) is 0 Å². The van der Waals surface area contributed by atoms with Gasteiger partial charge in [-0.15, -0.1) is 0 Å². The first-order valence-electron chi connectivity index (χ1n) is 7.36. The molecule has 0 fully saturated rings. The number of carbonyl (C=O) groups excluding carboxylic acids is 1. The number of amides is 1. The van der Waals surface area contributed by atoms with Crippen LogP contribution in [-0.2, 0) is 4.79 Å². The molecule has 0 saturated carbocycles. The fourth-order valence-electron chi connectivity index (χ4n) is 2.22. The summed E-state index contributed by atoms with van der Waals surface area (Å²) in [6.45, 7) is 2.28. The molecule has 0 spiro atoms. The molecule has 3 nitrogen and oxygen atoms in total. The summed E-state index contributed by atoms with van der Waals surface area (Å²) in [5, 5.41) is 2.74. The number of benzene rings is 1. The standard InChI is InChI=1S/C16H19F2NO2.CH3F/c1-3-6-19-15(20)13-8-16(9-17,10-18)21-14-5-4-11(2)7-12(13)14;1-2/h4-5,7-8H,3,6,9-10H2,1-2H3,(H,19,20);1H3. The SMILES string of the molecule is CCCNC(=O)C1=CC(CF)(CF)Oc2ccc(C)cc21.CF. The minimum atomic E-state index is -1.71. The van der Waals surface area contributed by atoms with Crippen molar-refractivity contribution in [2.75, 3.05) is 27.1 Å². The molecule has 0 unspecified atom stereocenters. The van der Waals surface area contributed by atoms with Crippen LogP contribution in [0.15, 0.2) is 24.3 Å². The Hall–Kier alpha value is -1.98. The second-order valence-corrected chi connectivity index (χ2v) is 5.25. The lowest BCUT2D eigenvalue weighted by Crippen LogP contribution is -2.42. The van der Waals surface area contributed by atoms with E-state index >= 15 is 0 Å². The third-order valence-corrected chi connectivity index (χ3v) is 3.38. The molecule has 1 heterocycles. The number of nitrogens with one attached hydrogen (secondary N) is 1. The van der Waals surface area contributed by atoms with Gasteiger partial charge < -0.3 is 10.1 Å². The van der Waals surface area contributed by atoms with Gasteiger partial charge in [0.05, 0.1) is 12.8 Å². The van der Waals surface area contributed by atoms with E-state index in [0.717, 1.165) is 12.0 Å². The molecular weight excluding hydrogens is 307 g/mol. The van der Waals surface area contributed by atoms with Crippen molar-refractivity contribution >= 4 is 11.5 Å². The maximum absolute atomic E-state index is 13.3. The van der Waals surface area contributed by atoms with Gasteiger partial charge in [-0.1, -0.05) is 18.6 Å². The minimum Gasteiger partial charge on any atom is -0.477 e. The van der Waals surface area contributed by atoms with Gasteiger partial charge in [0.15, 0.2) is 5.60 Å². The highest BCUT2D eigenvalue weighted by Crippen LogP contribution is 2.37. The molecule has 1 N–H and O–H groups in total. The quantitative estimate of drug-likeness (QED) is 0.897. The van der Waals surface area contributed by atoms with Crippen molar-refractivity contribution in [1.29, 1.82) is 0 Å². The van der Waals surface area contributed by atoms with Crippen LogP contribution < -0.4 is 10.1 Å². The van der Waals surface area contributed by atoms with Crippen LogP contribution >= 0.6 is 0 Å². The molecule has 1 amide bonds. The Morgan fingerprint density at radius 2 is 1.91 bits per heavy atom. The first-order chi connectivity index (χ1) is 11.0. The number of carbonyl (C=O) groups is 1. The molecule has 0 atom stereocenters. The summed E-state index contributed by atoms with van der Waals surface area (Å²) in [7, 11) is 0.500. The van der Waals surface area contributed by atoms with Gasteiger partial charge >= 0.3 is 0 Å². The molecular formula is C17H22F3NO2. The second-order valence-electron chi connectivity index (χ2n) is 5.25. The fraction of sp³-hybridized carbons (Fsp3) is 0.471. The van der Waals surface area contributed by atoms with E-state index in [1.165, 1.54) is 6.08 Å². The predicted molar refractivity (Wildman–Crippen MR) is 84.8 cm³/mol. The van der Waals surface area contributed by atoms with E-state index in [1.807, 2.05) is 13.8 Å². The third-order valence-electron chi connectivity index (χ3n) is 3.38. The van der Waals surface area contributed by atoms with E-state index in [-0.39, 0.29) is 11.5 Å². The van der Waals surface area contributed by atoms with Gasteiger partial charge in [-0.2, -0.15) is 0 Å². The smallest absolute Gasteiger partial charge is 0.251 e. The summed E-state index contributed by atoms with van der Waals surface area (Å²) in [6.07, 6.45) is 2.05. The molecule has 6 heteroatoms. The number of alkyl halides is 3. The molecule has 0 radical (unpaired) electrons. The van der Waals surface area contributed by atoms with E-state index in [1.54, 1.807) is 18.2 Å². The van der Waals surface area contributed by atoms with Crippen LogP contribution in [0.25, 0.3) is 5.57 Å². The zero-order valence-corrected chi connectivity index (χ0v) is 13.6. The predicted octanol–water partition coefficient (Wildman–Crippen LogP) is 3.56. The van der Waals surface area contributed by atoms with Gasteiger partial charge in [-0.3, -0.25) is 9.18 Å². The highest BCUT2D eigenvalue weighted by molar-refractivity contribution is 6.20. The molecule has 0 saturated heterocycles. The van der Waals surface area contributed by atoms with Crippen molar-refractivity contribution in [3.8, 4) is 5.75 Å². The largest absolute Gasteiger partial charge is 0.477 e. The summed E-state index contributed by atoms with van der Waals surface area (Å²) in [6, 6.07) is 5.21. The molecule has 1 aliphatic heterocycles. The number of hydrogen-bond donors (Lipinski definition) is 1. The Kier molecular flexibility index (Phi) is 7.13. The minimum absolute atomic E-state index is 0.267. The molecule has 0 aliphatic carbocycles. The molecule has 1 aromatic rings. The number of aryl methyl sites for hydroxylation is 1. The van der Waals surface area contributed by atoms with Gasteiger partial charge in [0.25, 0.3) is 5.91 Å². The highest BCUT2D eigenvalue weighted by atomic mass is 19.1. The second kappa shape index (κ2) is 8.60. The molecule has 128 valence electrons. The maximum Gasteiger partial charge on any atom is 0.251 e. The Bertz CT molecular complexity index is 569. The monoisotopic (exact) mass is 329 g/mol. The number of ether oxygens (including phenoxy) is 1. The Labute approximate surface area is 134 Å². The van der Waals surface area contributed by atoms with E-state index < -0.39 is 19.0 Å². The average molecular weight is 329 g/mol. The summed E-state index contributed by atoms with van der Waals surface area (Å²) >= 11 is 0. The van der Waals surface area contributed by atoms with Crippen LogP contribution in [0.1, 0.15) is 24.5 Å². The van der Waals surface area contributed by atoms with Crippen molar-refractivity contribution in [3.63, 3.8) is 0 Å². The first-order valence-corrected chi connectivity index (χ1v) is 7.36. The van der Waals surface area contributed by atoms with Gasteiger partial charge in [-0.05, 0) is 31.6 Å². The topological polar surface area (TPSA) is 38.3 Å². The third kappa shape index (κ3) is 4.27. The molecule has 0 aromatic heterocycles. The first kappa shape index (κ1) is 19.1. The molecule has 0 bridgehead atoms. The number of rotatable bonds is 5. The van der Waals surface area contributed by atoms with Crippen molar-refractivity contribution < 1.29 is 22.7 Å². The molecule has 1 aliphatic rings. The summed E-state index contributed by atoms with van der Waals surface area (Å²) < 4.78 is 41.5. The van der Waals surface area contributed by atoms with Crippen molar-refractivity contribution in [1.82, 2.24) is 5.32 Å². The Morgan fingerprint density at radius 3 is 2.48 bits per heavy atom. The van der Waals surface area contributed by atoms with Crippen LogP contribution in [0.2, 0.25) is 0 Å². The van der Waals surface area contributed by atoms with E-state index in [0.29, 0.717) is 25.0 Å². The highest BCUT2D eigenvalue weighted by Gasteiger charge is 2.37. The zero-order chi connectivity index (χ0) is 17.5. The zero-order valence-electron chi connectivity index (χ0n) is 13.6. The normalized spacial score (nSPS) is 14.6. The van der Waals surface area contributed by atoms with E-state index in [2.05, 4.69) is 5.32 Å². The van der Waals surface area contributed by atoms with Crippen LogP contribution in [-0.4, -0.2) is 38.6 Å². The lowest BCUT2D eigenvalue weighted by Gasteiger charge is -2.32. The fourth-order valence-corrected chi connectivity index (χ4v) is 2.22. The molecule has 2 rings (SSSR count). The van der Waals surface area contributed by atoms with Gasteiger partial charge in [0.2, 0.25) is 0 Å². The van der Waals surface area contributed by atoms with Crippen LogP contribution in [0, 0.1) is 6.92 Å². The molecule has 1 aromatic carbocycles. The lowest BCUT2D eigenvalue weighted by molar-refractivity contribution is -0.115. The lowest BCUT2D eigenvalue weighted by atomic mass is 9.92. The van der Waals surface area contributed by atoms with Crippen LogP contribution in [0.3, 0.4) is 0 Å². The number of halogens is 3. The van der Waals surface area contributed by atoms with Gasteiger partial charge in [-0.25, -0.2) is 8.78 Å². The number of fused-ring (bicyclic) bond motifs is 1.